The minimum Gasteiger partial charge on any atom is -0.395 e. The number of hydrogen-bond acceptors (Lipinski definition) is 4. The number of hydrogen-bond donors (Lipinski definition) is 3. The summed E-state index contributed by atoms with van der Waals surface area (Å²) in [4.78, 5) is 27.5. The Morgan fingerprint density at radius 3 is 2.76 bits per heavy atom. The molecule has 0 spiro atoms. The molecule has 0 saturated carbocycles. The second-order valence-corrected chi connectivity index (χ2v) is 4.79. The van der Waals surface area contributed by atoms with Gasteiger partial charge in [0.25, 0.3) is 5.91 Å². The first kappa shape index (κ1) is 16.7. The molecule has 1 unspecified atom stereocenters. The fraction of sp³-hybridized carbons (Fsp3) is 0.400. The van der Waals surface area contributed by atoms with Crippen molar-refractivity contribution in [2.45, 2.75) is 26.3 Å². The Balaban J connectivity index is 2.98. The van der Waals surface area contributed by atoms with E-state index in [0.29, 0.717) is 17.5 Å². The Labute approximate surface area is 123 Å². The lowest BCUT2D eigenvalue weighted by molar-refractivity contribution is -0.120. The summed E-state index contributed by atoms with van der Waals surface area (Å²) >= 11 is 0. The van der Waals surface area contributed by atoms with Gasteiger partial charge in [-0.05, 0) is 12.0 Å². The molecule has 21 heavy (non-hydrogen) atoms. The Morgan fingerprint density at radius 1 is 1.48 bits per heavy atom. The van der Waals surface area contributed by atoms with Crippen molar-refractivity contribution in [1.82, 2.24) is 10.3 Å². The van der Waals surface area contributed by atoms with Crippen LogP contribution < -0.4 is 11.1 Å². The number of nitrogens with zero attached hydrogens (tertiary/aromatic N) is 1. The molecule has 6 nitrogen and oxygen atoms in total. The van der Waals surface area contributed by atoms with Crippen LogP contribution in [0, 0.1) is 17.8 Å². The van der Waals surface area contributed by atoms with Crippen LogP contribution in [-0.4, -0.2) is 34.6 Å². The second kappa shape index (κ2) is 8.02. The monoisotopic (exact) mass is 289 g/mol. The van der Waals surface area contributed by atoms with Crippen molar-refractivity contribution in [1.29, 1.82) is 0 Å². The molecule has 4 N–H and O–H groups in total. The van der Waals surface area contributed by atoms with Gasteiger partial charge >= 0.3 is 0 Å². The highest BCUT2D eigenvalue weighted by atomic mass is 16.2. The number of aromatic nitrogens is 1. The van der Waals surface area contributed by atoms with Gasteiger partial charge in [-0.2, -0.15) is 0 Å². The molecular formula is C15H19N3O3. The highest BCUT2D eigenvalue weighted by Crippen LogP contribution is 2.08. The summed E-state index contributed by atoms with van der Waals surface area (Å²) in [7, 11) is 0. The van der Waals surface area contributed by atoms with Crippen LogP contribution in [0.3, 0.4) is 0 Å². The van der Waals surface area contributed by atoms with Crippen molar-refractivity contribution >= 4 is 11.8 Å². The van der Waals surface area contributed by atoms with Crippen LogP contribution in [0.25, 0.3) is 0 Å². The standard InChI is InChI=1S/C15H19N3O3/c1-10(2)13(14(16)20)18-15(21)12-6-7-17-9-11(12)5-3-4-8-19/h6-7,9-10,13,19H,4,8H2,1-2H3,(H2,16,20)(H,18,21). The van der Waals surface area contributed by atoms with Crippen molar-refractivity contribution < 1.29 is 14.7 Å². The number of nitrogens with one attached hydrogen (secondary N) is 1. The van der Waals surface area contributed by atoms with E-state index in [4.69, 9.17) is 10.8 Å². The molecule has 1 heterocycles. The lowest BCUT2D eigenvalue weighted by Crippen LogP contribution is -2.47. The first-order valence-corrected chi connectivity index (χ1v) is 6.61. The van der Waals surface area contributed by atoms with Crippen molar-refractivity contribution in [3.8, 4) is 11.8 Å². The molecule has 0 aliphatic rings. The normalized spacial score (nSPS) is 11.4. The van der Waals surface area contributed by atoms with E-state index in [0.717, 1.165) is 0 Å². The highest BCUT2D eigenvalue weighted by Gasteiger charge is 2.23. The predicted molar refractivity (Wildman–Crippen MR) is 78.1 cm³/mol. The molecule has 1 aromatic rings. The fourth-order valence-electron chi connectivity index (χ4n) is 1.69. The summed E-state index contributed by atoms with van der Waals surface area (Å²) in [5, 5.41) is 11.3. The van der Waals surface area contributed by atoms with Crippen LogP contribution in [-0.2, 0) is 4.79 Å². The molecule has 2 amide bonds. The Bertz CT molecular complexity index is 573. The van der Waals surface area contributed by atoms with Gasteiger partial charge in [0.2, 0.25) is 5.91 Å². The van der Waals surface area contributed by atoms with Gasteiger partial charge in [-0.3, -0.25) is 14.6 Å². The number of carbonyl (C=O) groups is 2. The van der Waals surface area contributed by atoms with E-state index in [1.54, 1.807) is 13.8 Å². The van der Waals surface area contributed by atoms with Gasteiger partial charge in [-0.1, -0.05) is 25.7 Å². The third-order valence-corrected chi connectivity index (χ3v) is 2.79. The first-order chi connectivity index (χ1) is 9.97. The van der Waals surface area contributed by atoms with E-state index in [2.05, 4.69) is 22.1 Å². The number of amides is 2. The summed E-state index contributed by atoms with van der Waals surface area (Å²) in [5.41, 5.74) is 6.04. The first-order valence-electron chi connectivity index (χ1n) is 6.61. The maximum atomic E-state index is 12.3. The largest absolute Gasteiger partial charge is 0.395 e. The average Bonchev–Trinajstić information content (AvgIpc) is 2.44. The number of aliphatic hydroxyl groups is 1. The zero-order chi connectivity index (χ0) is 15.8. The van der Waals surface area contributed by atoms with Gasteiger partial charge in [0.15, 0.2) is 0 Å². The lowest BCUT2D eigenvalue weighted by atomic mass is 10.0. The Kier molecular flexibility index (Phi) is 6.37. The topological polar surface area (TPSA) is 105 Å². The lowest BCUT2D eigenvalue weighted by Gasteiger charge is -2.19. The maximum absolute atomic E-state index is 12.3. The van der Waals surface area contributed by atoms with Crippen molar-refractivity contribution in [2.75, 3.05) is 6.61 Å². The van der Waals surface area contributed by atoms with Gasteiger partial charge in [0, 0.05) is 18.8 Å². The molecule has 6 heteroatoms. The molecule has 0 aromatic carbocycles. The molecule has 0 aliphatic carbocycles. The van der Waals surface area contributed by atoms with Gasteiger partial charge in [0.05, 0.1) is 17.7 Å². The maximum Gasteiger partial charge on any atom is 0.253 e. The Morgan fingerprint density at radius 2 is 2.19 bits per heavy atom. The third-order valence-electron chi connectivity index (χ3n) is 2.79. The number of primary amides is 1. The number of pyridine rings is 1. The third kappa shape index (κ3) is 4.89. The molecule has 0 aliphatic heterocycles. The molecule has 0 saturated heterocycles. The average molecular weight is 289 g/mol. The summed E-state index contributed by atoms with van der Waals surface area (Å²) in [5.74, 6) is 4.39. The molecule has 1 rings (SSSR count). The van der Waals surface area contributed by atoms with E-state index < -0.39 is 17.9 Å². The molecule has 0 radical (unpaired) electrons. The summed E-state index contributed by atoms with van der Waals surface area (Å²) in [6, 6.07) is 0.778. The van der Waals surface area contributed by atoms with Gasteiger partial charge in [0.1, 0.15) is 6.04 Å². The van der Waals surface area contributed by atoms with Crippen LogP contribution in [0.5, 0.6) is 0 Å². The predicted octanol–water partition coefficient (Wildman–Crippen LogP) is 0.0552. The van der Waals surface area contributed by atoms with Crippen molar-refractivity contribution in [2.24, 2.45) is 11.7 Å². The van der Waals surface area contributed by atoms with E-state index in [1.165, 1.54) is 18.5 Å². The van der Waals surface area contributed by atoms with Crippen molar-refractivity contribution in [3.05, 3.63) is 29.6 Å². The molecule has 1 atom stereocenters. The molecule has 0 bridgehead atoms. The van der Waals surface area contributed by atoms with Gasteiger partial charge in [-0.15, -0.1) is 0 Å². The summed E-state index contributed by atoms with van der Waals surface area (Å²) in [6.45, 7) is 3.54. The molecular weight excluding hydrogens is 270 g/mol. The zero-order valence-electron chi connectivity index (χ0n) is 12.1. The molecule has 1 aromatic heterocycles. The fourth-order valence-corrected chi connectivity index (χ4v) is 1.69. The van der Waals surface area contributed by atoms with E-state index >= 15 is 0 Å². The number of nitrogens with two attached hydrogens (primary N) is 1. The zero-order valence-corrected chi connectivity index (χ0v) is 12.1. The summed E-state index contributed by atoms with van der Waals surface area (Å²) < 4.78 is 0. The number of carbonyl (C=O) groups excluding carboxylic acids is 2. The quantitative estimate of drug-likeness (QED) is 0.666. The highest BCUT2D eigenvalue weighted by molar-refractivity contribution is 5.99. The van der Waals surface area contributed by atoms with Gasteiger partial charge < -0.3 is 16.2 Å². The van der Waals surface area contributed by atoms with E-state index in [-0.39, 0.29) is 12.5 Å². The minimum absolute atomic E-state index is 0.0497. The molecule has 112 valence electrons. The van der Waals surface area contributed by atoms with Crippen LogP contribution in [0.4, 0.5) is 0 Å². The van der Waals surface area contributed by atoms with Crippen LogP contribution in [0.1, 0.15) is 36.2 Å². The number of rotatable bonds is 5. The summed E-state index contributed by atoms with van der Waals surface area (Å²) in [6.07, 6.45) is 3.25. The van der Waals surface area contributed by atoms with Crippen molar-refractivity contribution in [3.63, 3.8) is 0 Å². The van der Waals surface area contributed by atoms with Crippen LogP contribution in [0.15, 0.2) is 18.5 Å². The number of aliphatic hydroxyl groups excluding tert-OH is 1. The van der Waals surface area contributed by atoms with Crippen LogP contribution >= 0.6 is 0 Å². The minimum atomic E-state index is -0.746. The SMILES string of the molecule is CC(C)C(NC(=O)c1ccncc1C#CCCO)C(N)=O. The van der Waals surface area contributed by atoms with E-state index in [1.807, 2.05) is 0 Å². The smallest absolute Gasteiger partial charge is 0.253 e. The Hall–Kier alpha value is -2.39. The second-order valence-electron chi connectivity index (χ2n) is 4.79. The van der Waals surface area contributed by atoms with E-state index in [9.17, 15) is 9.59 Å². The van der Waals surface area contributed by atoms with Gasteiger partial charge in [-0.25, -0.2) is 0 Å². The molecule has 0 fully saturated rings. The van der Waals surface area contributed by atoms with Crippen LogP contribution in [0.2, 0.25) is 0 Å².